The van der Waals surface area contributed by atoms with Crippen LogP contribution in [-0.4, -0.2) is 17.8 Å². The lowest BCUT2D eigenvalue weighted by atomic mass is 9.47. The van der Waals surface area contributed by atoms with Crippen LogP contribution in [0.2, 0.25) is 0 Å². The molecule has 0 radical (unpaired) electrons. The molecule has 0 aromatic rings. The van der Waals surface area contributed by atoms with Crippen molar-refractivity contribution >= 4 is 0 Å². The molecule has 0 spiro atoms. The van der Waals surface area contributed by atoms with Gasteiger partial charge in [-0.15, -0.1) is 0 Å². The summed E-state index contributed by atoms with van der Waals surface area (Å²) in [6.45, 7) is 0. The van der Waals surface area contributed by atoms with Gasteiger partial charge in [0.2, 0.25) is 0 Å². The zero-order chi connectivity index (χ0) is 12.7. The van der Waals surface area contributed by atoms with Gasteiger partial charge in [-0.1, -0.05) is 0 Å². The Morgan fingerprint density at radius 1 is 0.824 bits per heavy atom. The van der Waals surface area contributed by atoms with Gasteiger partial charge in [0.1, 0.15) is 5.67 Å². The van der Waals surface area contributed by atoms with Crippen LogP contribution in [-0.2, 0) is 0 Å². The van der Waals surface area contributed by atoms with Crippen LogP contribution < -0.4 is 0 Å². The van der Waals surface area contributed by atoms with Crippen LogP contribution in [0.5, 0.6) is 0 Å². The Kier molecular flexibility index (Phi) is 1.90. The maximum absolute atomic E-state index is 14.2. The predicted molar refractivity (Wildman–Crippen MR) is 47.3 cm³/mol. The standard InChI is InChI=1S/C11H12F6/c12-9-3-6-1-8(5-9,11(15,16)17)2-7(4-9)10(6,13)14/h6-7H,1-5H2. The summed E-state index contributed by atoms with van der Waals surface area (Å²) in [5.41, 5.74) is -4.22. The minimum Gasteiger partial charge on any atom is -0.244 e. The maximum atomic E-state index is 14.2. The first-order valence-electron chi connectivity index (χ1n) is 5.72. The van der Waals surface area contributed by atoms with Crippen molar-refractivity contribution in [3.8, 4) is 0 Å². The third-order valence-corrected chi connectivity index (χ3v) is 4.84. The maximum Gasteiger partial charge on any atom is 0.394 e. The molecule has 0 aliphatic heterocycles. The molecule has 4 aliphatic rings. The third-order valence-electron chi connectivity index (χ3n) is 4.84. The topological polar surface area (TPSA) is 0 Å². The van der Waals surface area contributed by atoms with Gasteiger partial charge in [-0.2, -0.15) is 13.2 Å². The van der Waals surface area contributed by atoms with Crippen molar-refractivity contribution in [3.63, 3.8) is 0 Å². The summed E-state index contributed by atoms with van der Waals surface area (Å²) in [4.78, 5) is 0. The SMILES string of the molecule is FC12CC3CC(C(F)(F)F)(CC(C1)C3(F)F)C2. The molecule has 0 aromatic heterocycles. The number of hydrogen-bond acceptors (Lipinski definition) is 0. The molecule has 2 atom stereocenters. The van der Waals surface area contributed by atoms with Crippen LogP contribution in [0.3, 0.4) is 0 Å². The third kappa shape index (κ3) is 1.32. The van der Waals surface area contributed by atoms with Crippen LogP contribution >= 0.6 is 0 Å². The summed E-state index contributed by atoms with van der Waals surface area (Å²) in [6.07, 6.45) is -7.22. The van der Waals surface area contributed by atoms with Gasteiger partial charge in [0.05, 0.1) is 5.41 Å². The smallest absolute Gasteiger partial charge is 0.244 e. The van der Waals surface area contributed by atoms with Crippen LogP contribution in [0.4, 0.5) is 26.3 Å². The second kappa shape index (κ2) is 2.77. The summed E-state index contributed by atoms with van der Waals surface area (Å²) in [7, 11) is 0. The van der Waals surface area contributed by atoms with Crippen LogP contribution in [0.1, 0.15) is 32.1 Å². The Morgan fingerprint density at radius 3 is 1.71 bits per heavy atom. The first-order valence-corrected chi connectivity index (χ1v) is 5.72. The van der Waals surface area contributed by atoms with Crippen molar-refractivity contribution in [2.24, 2.45) is 17.3 Å². The van der Waals surface area contributed by atoms with E-state index >= 15 is 0 Å². The Bertz CT molecular complexity index is 339. The average molecular weight is 258 g/mol. The van der Waals surface area contributed by atoms with E-state index in [0.29, 0.717) is 0 Å². The predicted octanol–water partition coefficient (Wildman–Crippen LogP) is 4.10. The first kappa shape index (κ1) is 11.7. The van der Waals surface area contributed by atoms with Gasteiger partial charge in [-0.05, 0) is 32.1 Å². The van der Waals surface area contributed by atoms with E-state index in [1.54, 1.807) is 0 Å². The molecule has 6 heteroatoms. The summed E-state index contributed by atoms with van der Waals surface area (Å²) in [5, 5.41) is 0. The number of rotatable bonds is 0. The summed E-state index contributed by atoms with van der Waals surface area (Å²) in [6, 6.07) is 0. The quantitative estimate of drug-likeness (QED) is 0.574. The van der Waals surface area contributed by atoms with Crippen LogP contribution in [0.15, 0.2) is 0 Å². The fraction of sp³-hybridized carbons (Fsp3) is 1.00. The van der Waals surface area contributed by atoms with Crippen molar-refractivity contribution in [1.82, 2.24) is 0 Å². The van der Waals surface area contributed by atoms with E-state index in [0.717, 1.165) is 0 Å². The monoisotopic (exact) mass is 258 g/mol. The molecule has 4 saturated carbocycles. The van der Waals surface area contributed by atoms with Crippen molar-refractivity contribution in [2.45, 2.75) is 49.9 Å². The molecule has 98 valence electrons. The molecular weight excluding hydrogens is 246 g/mol. The summed E-state index contributed by atoms with van der Waals surface area (Å²) < 4.78 is 80.6. The number of alkyl halides is 6. The lowest BCUT2D eigenvalue weighted by Crippen LogP contribution is -2.65. The highest BCUT2D eigenvalue weighted by Crippen LogP contribution is 2.71. The van der Waals surface area contributed by atoms with Gasteiger partial charge in [0.25, 0.3) is 5.92 Å². The molecule has 2 unspecified atom stereocenters. The highest BCUT2D eigenvalue weighted by atomic mass is 19.4. The Hall–Kier alpha value is -0.420. The highest BCUT2D eigenvalue weighted by molar-refractivity contribution is 5.16. The molecule has 0 nitrogen and oxygen atoms in total. The molecule has 0 saturated heterocycles. The zero-order valence-electron chi connectivity index (χ0n) is 8.96. The molecule has 17 heavy (non-hydrogen) atoms. The Labute approximate surface area is 94.4 Å². The lowest BCUT2D eigenvalue weighted by Gasteiger charge is -2.61. The lowest BCUT2D eigenvalue weighted by molar-refractivity contribution is -0.331. The van der Waals surface area contributed by atoms with Crippen molar-refractivity contribution in [1.29, 1.82) is 0 Å². The normalized spacial score (nSPS) is 51.9. The zero-order valence-corrected chi connectivity index (χ0v) is 8.96. The average Bonchev–Trinajstić information content (AvgIpc) is 2.10. The van der Waals surface area contributed by atoms with Gasteiger partial charge in [-0.25, -0.2) is 13.2 Å². The largest absolute Gasteiger partial charge is 0.394 e. The van der Waals surface area contributed by atoms with Gasteiger partial charge < -0.3 is 0 Å². The molecule has 4 bridgehead atoms. The number of halogens is 6. The molecule has 4 aliphatic carbocycles. The van der Waals surface area contributed by atoms with E-state index in [1.165, 1.54) is 0 Å². The molecule has 0 heterocycles. The van der Waals surface area contributed by atoms with Gasteiger partial charge >= 0.3 is 6.18 Å². The van der Waals surface area contributed by atoms with Gasteiger partial charge in [0.15, 0.2) is 0 Å². The second-order valence-electron chi connectivity index (χ2n) is 5.99. The summed E-state index contributed by atoms with van der Waals surface area (Å²) in [5.74, 6) is -5.99. The second-order valence-corrected chi connectivity index (χ2v) is 5.99. The van der Waals surface area contributed by atoms with Crippen molar-refractivity contribution < 1.29 is 26.3 Å². The Balaban J connectivity index is 2.04. The van der Waals surface area contributed by atoms with E-state index in [9.17, 15) is 26.3 Å². The molecule has 4 fully saturated rings. The minimum absolute atomic E-state index is 0.408. The van der Waals surface area contributed by atoms with Crippen molar-refractivity contribution in [2.75, 3.05) is 0 Å². The molecule has 0 N–H and O–H groups in total. The van der Waals surface area contributed by atoms with E-state index in [4.69, 9.17) is 0 Å². The molecular formula is C11H12F6. The fourth-order valence-corrected chi connectivity index (χ4v) is 4.24. The van der Waals surface area contributed by atoms with E-state index in [1.807, 2.05) is 0 Å². The van der Waals surface area contributed by atoms with E-state index in [-0.39, 0.29) is 0 Å². The van der Waals surface area contributed by atoms with Crippen LogP contribution in [0, 0.1) is 17.3 Å². The van der Waals surface area contributed by atoms with Crippen LogP contribution in [0.25, 0.3) is 0 Å². The Morgan fingerprint density at radius 2 is 1.29 bits per heavy atom. The van der Waals surface area contributed by atoms with E-state index < -0.39 is 67.1 Å². The summed E-state index contributed by atoms with van der Waals surface area (Å²) >= 11 is 0. The minimum atomic E-state index is -4.57. The fourth-order valence-electron chi connectivity index (χ4n) is 4.24. The molecule has 4 rings (SSSR count). The molecule has 0 amide bonds. The molecule has 0 aromatic carbocycles. The number of hydrogen-bond donors (Lipinski definition) is 0. The van der Waals surface area contributed by atoms with E-state index in [2.05, 4.69) is 0 Å². The van der Waals surface area contributed by atoms with Crippen molar-refractivity contribution in [3.05, 3.63) is 0 Å². The first-order chi connectivity index (χ1) is 7.58. The van der Waals surface area contributed by atoms with Gasteiger partial charge in [-0.3, -0.25) is 0 Å². The highest BCUT2D eigenvalue weighted by Gasteiger charge is 2.74. The van der Waals surface area contributed by atoms with Gasteiger partial charge in [0, 0.05) is 11.8 Å².